The van der Waals surface area contributed by atoms with E-state index in [0.717, 1.165) is 16.4 Å². The van der Waals surface area contributed by atoms with Crippen molar-refractivity contribution in [1.29, 1.82) is 0 Å². The molecule has 0 radical (unpaired) electrons. The number of hydrogen-bond donors (Lipinski definition) is 2. The molecule has 0 fully saturated rings. The lowest BCUT2D eigenvalue weighted by Gasteiger charge is -2.01. The first-order chi connectivity index (χ1) is 6.33. The lowest BCUT2D eigenvalue weighted by Crippen LogP contribution is -2.02. The highest BCUT2D eigenvalue weighted by atomic mass is 79.9. The fourth-order valence-corrected chi connectivity index (χ4v) is 2.16. The van der Waals surface area contributed by atoms with E-state index in [2.05, 4.69) is 39.1 Å². The minimum atomic E-state index is 0.691. The summed E-state index contributed by atoms with van der Waals surface area (Å²) in [4.78, 5) is 3.20. The lowest BCUT2D eigenvalue weighted by molar-refractivity contribution is 0.977. The first-order valence-electron chi connectivity index (χ1n) is 4.27. The monoisotopic (exact) mass is 238 g/mol. The SMILES string of the molecule is NCCc1cccc2[nH]cc(Br)c12. The Morgan fingerprint density at radius 3 is 3.00 bits per heavy atom. The third kappa shape index (κ3) is 1.49. The molecule has 0 aliphatic heterocycles. The van der Waals surface area contributed by atoms with Gasteiger partial charge in [0.2, 0.25) is 0 Å². The molecule has 2 aromatic rings. The molecule has 68 valence electrons. The van der Waals surface area contributed by atoms with E-state index in [4.69, 9.17) is 5.73 Å². The maximum Gasteiger partial charge on any atom is 0.0468 e. The predicted molar refractivity (Wildman–Crippen MR) is 58.8 cm³/mol. The summed E-state index contributed by atoms with van der Waals surface area (Å²) in [5.74, 6) is 0. The summed E-state index contributed by atoms with van der Waals surface area (Å²) in [5.41, 5.74) is 8.01. The Hall–Kier alpha value is -0.800. The first kappa shape index (κ1) is 8.78. The second-order valence-electron chi connectivity index (χ2n) is 3.01. The molecular formula is C10H11BrN2. The molecule has 0 aliphatic rings. The van der Waals surface area contributed by atoms with Gasteiger partial charge in [0.25, 0.3) is 0 Å². The van der Waals surface area contributed by atoms with Gasteiger partial charge in [-0.3, -0.25) is 0 Å². The van der Waals surface area contributed by atoms with Gasteiger partial charge in [0.1, 0.15) is 0 Å². The van der Waals surface area contributed by atoms with Crippen molar-refractivity contribution in [3.8, 4) is 0 Å². The van der Waals surface area contributed by atoms with Crippen LogP contribution < -0.4 is 5.73 Å². The Balaban J connectivity index is 2.65. The molecule has 3 N–H and O–H groups in total. The van der Waals surface area contributed by atoms with Gasteiger partial charge in [0.15, 0.2) is 0 Å². The Morgan fingerprint density at radius 2 is 2.23 bits per heavy atom. The second kappa shape index (κ2) is 3.52. The molecule has 3 heteroatoms. The molecule has 0 spiro atoms. The van der Waals surface area contributed by atoms with Crippen molar-refractivity contribution in [2.24, 2.45) is 5.73 Å². The Labute approximate surface area is 85.3 Å². The highest BCUT2D eigenvalue weighted by Gasteiger charge is 2.04. The summed E-state index contributed by atoms with van der Waals surface area (Å²) in [6, 6.07) is 6.24. The van der Waals surface area contributed by atoms with Gasteiger partial charge < -0.3 is 10.7 Å². The summed E-state index contributed by atoms with van der Waals surface area (Å²) >= 11 is 3.52. The zero-order chi connectivity index (χ0) is 9.26. The van der Waals surface area contributed by atoms with Gasteiger partial charge in [-0.05, 0) is 40.5 Å². The molecule has 0 amide bonds. The van der Waals surface area contributed by atoms with E-state index >= 15 is 0 Å². The zero-order valence-electron chi connectivity index (χ0n) is 7.18. The molecule has 13 heavy (non-hydrogen) atoms. The van der Waals surface area contributed by atoms with Crippen LogP contribution in [0.1, 0.15) is 5.56 Å². The van der Waals surface area contributed by atoms with Crippen LogP contribution in [-0.4, -0.2) is 11.5 Å². The van der Waals surface area contributed by atoms with Crippen molar-refractivity contribution in [1.82, 2.24) is 4.98 Å². The number of nitrogens with one attached hydrogen (secondary N) is 1. The van der Waals surface area contributed by atoms with Crippen molar-refractivity contribution < 1.29 is 0 Å². The van der Waals surface area contributed by atoms with Gasteiger partial charge >= 0.3 is 0 Å². The van der Waals surface area contributed by atoms with E-state index in [1.807, 2.05) is 6.20 Å². The van der Waals surface area contributed by atoms with Gasteiger partial charge in [-0.25, -0.2) is 0 Å². The topological polar surface area (TPSA) is 41.8 Å². The number of halogens is 1. The summed E-state index contributed by atoms with van der Waals surface area (Å²) in [6.45, 7) is 0.691. The standard InChI is InChI=1S/C10H11BrN2/c11-8-6-13-9-3-1-2-7(4-5-12)10(8)9/h1-3,6,13H,4-5,12H2. The van der Waals surface area contributed by atoms with Crippen LogP contribution in [0.5, 0.6) is 0 Å². The largest absolute Gasteiger partial charge is 0.360 e. The molecule has 0 saturated carbocycles. The molecule has 0 atom stereocenters. The molecule has 0 saturated heterocycles. The molecule has 1 aromatic carbocycles. The van der Waals surface area contributed by atoms with E-state index in [1.165, 1.54) is 10.9 Å². The first-order valence-corrected chi connectivity index (χ1v) is 5.07. The summed E-state index contributed by atoms with van der Waals surface area (Å²) < 4.78 is 1.12. The highest BCUT2D eigenvalue weighted by molar-refractivity contribution is 9.10. The van der Waals surface area contributed by atoms with Gasteiger partial charge in [-0.1, -0.05) is 12.1 Å². The molecule has 0 aliphatic carbocycles. The minimum absolute atomic E-state index is 0.691. The van der Waals surface area contributed by atoms with Crippen molar-refractivity contribution in [2.75, 3.05) is 6.54 Å². The number of H-pyrrole nitrogens is 1. The molecule has 2 nitrogen and oxygen atoms in total. The third-order valence-electron chi connectivity index (χ3n) is 2.16. The Kier molecular flexibility index (Phi) is 2.38. The number of benzene rings is 1. The molecular weight excluding hydrogens is 228 g/mol. The predicted octanol–water partition coefficient (Wildman–Crippen LogP) is 2.43. The summed E-state index contributed by atoms with van der Waals surface area (Å²) in [6.07, 6.45) is 2.89. The number of rotatable bonds is 2. The third-order valence-corrected chi connectivity index (χ3v) is 2.78. The fourth-order valence-electron chi connectivity index (χ4n) is 1.58. The maximum atomic E-state index is 5.54. The molecule has 2 rings (SSSR count). The molecule has 1 heterocycles. The number of aromatic amines is 1. The number of aromatic nitrogens is 1. The fraction of sp³-hybridized carbons (Fsp3) is 0.200. The smallest absolute Gasteiger partial charge is 0.0468 e. The van der Waals surface area contributed by atoms with Gasteiger partial charge in [-0.2, -0.15) is 0 Å². The van der Waals surface area contributed by atoms with Crippen LogP contribution in [0.3, 0.4) is 0 Å². The maximum absolute atomic E-state index is 5.54. The van der Waals surface area contributed by atoms with Gasteiger partial charge in [0.05, 0.1) is 0 Å². The van der Waals surface area contributed by atoms with Crippen LogP contribution in [0.2, 0.25) is 0 Å². The average Bonchev–Trinajstić information content (AvgIpc) is 2.50. The van der Waals surface area contributed by atoms with Gasteiger partial charge in [0, 0.05) is 21.6 Å². The molecule has 1 aromatic heterocycles. The number of nitrogens with two attached hydrogens (primary N) is 1. The van der Waals surface area contributed by atoms with E-state index in [-0.39, 0.29) is 0 Å². The van der Waals surface area contributed by atoms with E-state index in [1.54, 1.807) is 0 Å². The van der Waals surface area contributed by atoms with Crippen molar-refractivity contribution in [3.05, 3.63) is 34.4 Å². The Morgan fingerprint density at radius 1 is 1.38 bits per heavy atom. The number of fused-ring (bicyclic) bond motifs is 1. The van der Waals surface area contributed by atoms with Crippen LogP contribution in [0.15, 0.2) is 28.9 Å². The van der Waals surface area contributed by atoms with E-state index < -0.39 is 0 Å². The minimum Gasteiger partial charge on any atom is -0.360 e. The normalized spacial score (nSPS) is 10.9. The quantitative estimate of drug-likeness (QED) is 0.830. The van der Waals surface area contributed by atoms with Crippen LogP contribution in [-0.2, 0) is 6.42 Å². The zero-order valence-corrected chi connectivity index (χ0v) is 8.76. The van der Waals surface area contributed by atoms with E-state index in [9.17, 15) is 0 Å². The Bertz CT molecular complexity index is 420. The lowest BCUT2D eigenvalue weighted by atomic mass is 10.1. The second-order valence-corrected chi connectivity index (χ2v) is 3.87. The highest BCUT2D eigenvalue weighted by Crippen LogP contribution is 2.26. The number of hydrogen-bond acceptors (Lipinski definition) is 1. The van der Waals surface area contributed by atoms with Crippen LogP contribution in [0.4, 0.5) is 0 Å². The van der Waals surface area contributed by atoms with Crippen molar-refractivity contribution in [3.63, 3.8) is 0 Å². The molecule has 0 bridgehead atoms. The van der Waals surface area contributed by atoms with Crippen LogP contribution in [0.25, 0.3) is 10.9 Å². The average molecular weight is 239 g/mol. The van der Waals surface area contributed by atoms with E-state index in [0.29, 0.717) is 6.54 Å². The van der Waals surface area contributed by atoms with Crippen LogP contribution >= 0.6 is 15.9 Å². The van der Waals surface area contributed by atoms with Crippen molar-refractivity contribution >= 4 is 26.8 Å². The summed E-state index contributed by atoms with van der Waals surface area (Å²) in [7, 11) is 0. The van der Waals surface area contributed by atoms with Crippen LogP contribution in [0, 0.1) is 0 Å². The van der Waals surface area contributed by atoms with Gasteiger partial charge in [-0.15, -0.1) is 0 Å². The molecule has 0 unspecified atom stereocenters. The van der Waals surface area contributed by atoms with Crippen molar-refractivity contribution in [2.45, 2.75) is 6.42 Å². The summed E-state index contributed by atoms with van der Waals surface area (Å²) in [5, 5.41) is 1.26.